The number of nitrogens with two attached hydrogens (primary N) is 1. The van der Waals surface area contributed by atoms with Crippen LogP contribution in [0.1, 0.15) is 25.3 Å². The monoisotopic (exact) mass is 367 g/mol. The van der Waals surface area contributed by atoms with Crippen molar-refractivity contribution in [3.05, 3.63) is 52.6 Å². The first-order valence-corrected chi connectivity index (χ1v) is 9.99. The van der Waals surface area contributed by atoms with Crippen molar-refractivity contribution in [1.82, 2.24) is 19.8 Å². The molecule has 4 rings (SSSR count). The number of aromatic nitrogens is 2. The fourth-order valence-corrected chi connectivity index (χ4v) is 4.35. The number of rotatable bonds is 5. The summed E-state index contributed by atoms with van der Waals surface area (Å²) in [6, 6.07) is 10.4. The Morgan fingerprint density at radius 3 is 2.44 bits per heavy atom. The lowest BCUT2D eigenvalue weighted by molar-refractivity contribution is 0.0954. The Morgan fingerprint density at radius 2 is 1.85 bits per heavy atom. The predicted octanol–water partition coefficient (Wildman–Crippen LogP) is 1.68. The Kier molecular flexibility index (Phi) is 5.27. The third kappa shape index (κ3) is 4.06. The summed E-state index contributed by atoms with van der Waals surface area (Å²) in [4.78, 5) is 18.4. The van der Waals surface area contributed by atoms with Crippen molar-refractivity contribution in [1.29, 1.82) is 0 Å². The molecule has 1 aromatic heterocycles. The molecule has 0 amide bonds. The number of piperidine rings is 1. The smallest absolute Gasteiger partial charge is 0.354 e. The van der Waals surface area contributed by atoms with E-state index >= 15 is 0 Å². The lowest BCUT2D eigenvalue weighted by atomic mass is 9.80. The van der Waals surface area contributed by atoms with Crippen molar-refractivity contribution < 1.29 is 0 Å². The maximum Gasteiger partial charge on any atom is 0.354 e. The van der Waals surface area contributed by atoms with E-state index in [0.29, 0.717) is 6.04 Å². The molecular formula is C21H29N5O. The van der Waals surface area contributed by atoms with Gasteiger partial charge in [0, 0.05) is 12.2 Å². The van der Waals surface area contributed by atoms with Crippen LogP contribution >= 0.6 is 0 Å². The van der Waals surface area contributed by atoms with Gasteiger partial charge in [0.15, 0.2) is 0 Å². The van der Waals surface area contributed by atoms with Crippen LogP contribution in [-0.4, -0.2) is 46.7 Å². The van der Waals surface area contributed by atoms with Gasteiger partial charge >= 0.3 is 5.69 Å². The average Bonchev–Trinajstić information content (AvgIpc) is 2.62. The normalized spacial score (nSPS) is 20.3. The molecule has 0 aliphatic carbocycles. The van der Waals surface area contributed by atoms with E-state index in [2.05, 4.69) is 34.3 Å². The first kappa shape index (κ1) is 18.2. The van der Waals surface area contributed by atoms with Crippen LogP contribution in [0.3, 0.4) is 0 Å². The van der Waals surface area contributed by atoms with E-state index in [-0.39, 0.29) is 11.5 Å². The van der Waals surface area contributed by atoms with Crippen molar-refractivity contribution in [2.24, 2.45) is 11.8 Å². The first-order valence-electron chi connectivity index (χ1n) is 9.99. The van der Waals surface area contributed by atoms with Gasteiger partial charge in [-0.25, -0.2) is 4.79 Å². The van der Waals surface area contributed by atoms with Gasteiger partial charge < -0.3 is 16.0 Å². The summed E-state index contributed by atoms with van der Waals surface area (Å²) in [6.45, 7) is 7.20. The zero-order chi connectivity index (χ0) is 18.8. The molecule has 1 aromatic carbocycles. The minimum absolute atomic E-state index is 0.249. The van der Waals surface area contributed by atoms with Gasteiger partial charge in [-0.1, -0.05) is 12.1 Å². The molecule has 144 valence electrons. The van der Waals surface area contributed by atoms with E-state index in [1.807, 2.05) is 12.1 Å². The molecule has 6 nitrogen and oxygen atoms in total. The third-order valence-corrected chi connectivity index (χ3v) is 6.25. The summed E-state index contributed by atoms with van der Waals surface area (Å²) >= 11 is 0. The molecule has 0 radical (unpaired) electrons. The highest BCUT2D eigenvalue weighted by molar-refractivity contribution is 5.36. The molecule has 3 N–H and O–H groups in total. The second-order valence-corrected chi connectivity index (χ2v) is 8.02. The van der Waals surface area contributed by atoms with Crippen LogP contribution in [0, 0.1) is 11.8 Å². The van der Waals surface area contributed by atoms with Gasteiger partial charge in [0.05, 0.1) is 5.69 Å². The molecule has 0 spiro atoms. The molecule has 27 heavy (non-hydrogen) atoms. The van der Waals surface area contributed by atoms with Gasteiger partial charge in [0.25, 0.3) is 0 Å². The molecule has 0 saturated carbocycles. The topological polar surface area (TPSA) is 76.2 Å². The van der Waals surface area contributed by atoms with Gasteiger partial charge in [-0.05, 0) is 88.0 Å². The highest BCUT2D eigenvalue weighted by Gasteiger charge is 2.31. The Bertz CT molecular complexity index is 819. The number of nitrogens with one attached hydrogen (secondary N) is 1. The van der Waals surface area contributed by atoms with E-state index in [1.165, 1.54) is 49.2 Å². The second kappa shape index (κ2) is 7.82. The maximum atomic E-state index is 12.0. The molecule has 1 unspecified atom stereocenters. The summed E-state index contributed by atoms with van der Waals surface area (Å²) in [7, 11) is 0. The Hall–Kier alpha value is -2.18. The van der Waals surface area contributed by atoms with Crippen molar-refractivity contribution in [2.45, 2.75) is 32.2 Å². The minimum Gasteiger partial charge on any atom is -0.383 e. The van der Waals surface area contributed by atoms with Gasteiger partial charge in [0.1, 0.15) is 5.82 Å². The minimum atomic E-state index is -0.347. The van der Waals surface area contributed by atoms with Crippen LogP contribution < -0.4 is 16.7 Å². The van der Waals surface area contributed by atoms with Gasteiger partial charge in [-0.15, -0.1) is 0 Å². The van der Waals surface area contributed by atoms with Crippen LogP contribution in [0.25, 0.3) is 5.69 Å². The number of hydrogen-bond acceptors (Lipinski definition) is 5. The van der Waals surface area contributed by atoms with E-state index in [1.54, 1.807) is 12.3 Å². The largest absolute Gasteiger partial charge is 0.383 e. The van der Waals surface area contributed by atoms with Gasteiger partial charge in [0.2, 0.25) is 0 Å². The molecule has 2 aliphatic heterocycles. The molecule has 2 fully saturated rings. The van der Waals surface area contributed by atoms with E-state index < -0.39 is 0 Å². The zero-order valence-electron chi connectivity index (χ0n) is 16.0. The van der Waals surface area contributed by atoms with Crippen molar-refractivity contribution >= 4 is 5.82 Å². The van der Waals surface area contributed by atoms with Crippen molar-refractivity contribution in [3.8, 4) is 5.69 Å². The molecule has 2 saturated heterocycles. The van der Waals surface area contributed by atoms with Gasteiger partial charge in [-0.3, -0.25) is 4.57 Å². The number of likely N-dealkylation sites (tertiary alicyclic amines) is 1. The van der Waals surface area contributed by atoms with Gasteiger partial charge in [-0.2, -0.15) is 4.98 Å². The first-order chi connectivity index (χ1) is 13.1. The van der Waals surface area contributed by atoms with Crippen LogP contribution in [0.2, 0.25) is 0 Å². The van der Waals surface area contributed by atoms with Crippen LogP contribution in [-0.2, 0) is 6.42 Å². The molecule has 2 aromatic rings. The molecule has 1 atom stereocenters. The lowest BCUT2D eigenvalue weighted by Crippen LogP contribution is -2.50. The summed E-state index contributed by atoms with van der Waals surface area (Å²) in [5.41, 5.74) is 7.33. The maximum absolute atomic E-state index is 12.0. The zero-order valence-corrected chi connectivity index (χ0v) is 16.0. The molecule has 3 heterocycles. The Balaban J connectivity index is 1.34. The Labute approximate surface area is 160 Å². The highest BCUT2D eigenvalue weighted by Crippen LogP contribution is 2.28. The molecular weight excluding hydrogens is 338 g/mol. The Morgan fingerprint density at radius 1 is 1.15 bits per heavy atom. The number of nitrogens with zero attached hydrogens (tertiary/aromatic N) is 3. The summed E-state index contributed by atoms with van der Waals surface area (Å²) in [5.74, 6) is 2.08. The SMILES string of the molecule is CC(Cc1ccc(-n2ccc(N)nc2=O)cc1)N1CCC(C2CNC2)CC1. The second-order valence-electron chi connectivity index (χ2n) is 8.02. The van der Waals surface area contributed by atoms with Crippen molar-refractivity contribution in [3.63, 3.8) is 0 Å². The van der Waals surface area contributed by atoms with E-state index in [0.717, 1.165) is 23.9 Å². The van der Waals surface area contributed by atoms with Crippen LogP contribution in [0.5, 0.6) is 0 Å². The number of anilines is 1. The van der Waals surface area contributed by atoms with Crippen LogP contribution in [0.15, 0.2) is 41.3 Å². The fourth-order valence-electron chi connectivity index (χ4n) is 4.35. The van der Waals surface area contributed by atoms with Crippen molar-refractivity contribution in [2.75, 3.05) is 31.9 Å². The predicted molar refractivity (Wildman–Crippen MR) is 108 cm³/mol. The van der Waals surface area contributed by atoms with E-state index in [9.17, 15) is 4.79 Å². The summed E-state index contributed by atoms with van der Waals surface area (Å²) in [6.07, 6.45) is 5.38. The van der Waals surface area contributed by atoms with Crippen LogP contribution in [0.4, 0.5) is 5.82 Å². The fraction of sp³-hybridized carbons (Fsp3) is 0.524. The number of nitrogen functional groups attached to an aromatic ring is 1. The standard InChI is InChI=1S/C21H29N5O/c1-15(25-9-6-17(7-10-25)18-13-23-14-18)12-16-2-4-19(5-3-16)26-11-8-20(22)24-21(26)27/h2-5,8,11,15,17-18,23H,6-7,9-10,12-14H2,1H3,(H2,22,24,27). The van der Waals surface area contributed by atoms with E-state index in [4.69, 9.17) is 5.73 Å². The average molecular weight is 367 g/mol. The highest BCUT2D eigenvalue weighted by atomic mass is 16.1. The lowest BCUT2D eigenvalue weighted by Gasteiger charge is -2.42. The molecule has 6 heteroatoms. The molecule has 0 bridgehead atoms. The molecule has 2 aliphatic rings. The quantitative estimate of drug-likeness (QED) is 0.841. The number of benzene rings is 1. The summed E-state index contributed by atoms with van der Waals surface area (Å²) in [5, 5.41) is 3.40. The summed E-state index contributed by atoms with van der Waals surface area (Å²) < 4.78 is 1.52. The number of hydrogen-bond donors (Lipinski definition) is 2. The third-order valence-electron chi connectivity index (χ3n) is 6.25.